The van der Waals surface area contributed by atoms with E-state index in [1.54, 1.807) is 0 Å². The van der Waals surface area contributed by atoms with Gasteiger partial charge in [-0.05, 0) is 0 Å². The first-order valence-corrected chi connectivity index (χ1v) is 3.71. The summed E-state index contributed by atoms with van der Waals surface area (Å²) in [6, 6.07) is -0.807. The summed E-state index contributed by atoms with van der Waals surface area (Å²) in [5.74, 6) is -3.91. The highest BCUT2D eigenvalue weighted by molar-refractivity contribution is 5.93. The van der Waals surface area contributed by atoms with E-state index in [0.717, 1.165) is 0 Å². The molecule has 10 heteroatoms. The van der Waals surface area contributed by atoms with E-state index in [0.29, 0.717) is 0 Å². The molecule has 0 spiro atoms. The van der Waals surface area contributed by atoms with Crippen LogP contribution in [0.25, 0.3) is 0 Å². The number of carboxylic acids is 1. The molecule has 0 atom stereocenters. The second kappa shape index (κ2) is 4.16. The molecule has 88 valence electrons. The number of hydrogen-bond donors (Lipinski definition) is 2. The lowest BCUT2D eigenvalue weighted by atomic mass is 10.4. The van der Waals surface area contributed by atoms with Crippen molar-refractivity contribution in [3.8, 4) is 0 Å². The summed E-state index contributed by atoms with van der Waals surface area (Å²) in [6.07, 6.45) is -5.70. The van der Waals surface area contributed by atoms with Gasteiger partial charge in [-0.1, -0.05) is 5.16 Å². The van der Waals surface area contributed by atoms with Crippen molar-refractivity contribution in [1.29, 1.82) is 0 Å². The molecule has 1 heterocycles. The Morgan fingerprint density at radius 2 is 2.06 bits per heavy atom. The molecule has 0 aliphatic carbocycles. The fourth-order valence-corrected chi connectivity index (χ4v) is 0.680. The summed E-state index contributed by atoms with van der Waals surface area (Å²) in [5, 5.41) is 12.6. The van der Waals surface area contributed by atoms with Gasteiger partial charge in [0.05, 0.1) is 0 Å². The Kier molecular flexibility index (Phi) is 3.11. The van der Waals surface area contributed by atoms with Crippen molar-refractivity contribution in [2.45, 2.75) is 12.6 Å². The van der Waals surface area contributed by atoms with Crippen LogP contribution in [0, 0.1) is 0 Å². The van der Waals surface area contributed by atoms with Gasteiger partial charge in [0.2, 0.25) is 0 Å². The summed E-state index contributed by atoms with van der Waals surface area (Å²) in [6.45, 7) is 0. The average Bonchev–Trinajstić information content (AvgIpc) is 2.49. The molecule has 7 nitrogen and oxygen atoms in total. The average molecular weight is 239 g/mol. The highest BCUT2D eigenvalue weighted by Crippen LogP contribution is 2.17. The van der Waals surface area contributed by atoms with Gasteiger partial charge in [-0.3, -0.25) is 14.9 Å². The van der Waals surface area contributed by atoms with Crippen LogP contribution < -0.4 is 5.32 Å². The highest BCUT2D eigenvalue weighted by Gasteiger charge is 2.39. The minimum atomic E-state index is -5.08. The Balaban J connectivity index is 2.66. The largest absolute Gasteiger partial charge is 0.481 e. The van der Waals surface area contributed by atoms with E-state index in [1.165, 1.54) is 5.32 Å². The van der Waals surface area contributed by atoms with Gasteiger partial charge in [-0.15, -0.1) is 0 Å². The van der Waals surface area contributed by atoms with Gasteiger partial charge in [0.25, 0.3) is 0 Å². The number of rotatable bonds is 3. The normalized spacial score (nSPS) is 11.2. The van der Waals surface area contributed by atoms with E-state index >= 15 is 0 Å². The number of halogens is 3. The number of nitrogens with one attached hydrogen (secondary N) is 1. The van der Waals surface area contributed by atoms with Crippen LogP contribution in [0.2, 0.25) is 0 Å². The number of aromatic nitrogens is 2. The number of anilines is 1. The standard InChI is InChI=1S/C6H4F3N3O4/c7-6(8,9)4(15)11-5-10-2(12-16-5)1-3(13)14/h1H2,(H,13,14)(H,10,11,12,15). The Hall–Kier alpha value is -2.13. The lowest BCUT2D eigenvalue weighted by Crippen LogP contribution is -2.30. The Bertz CT molecular complexity index is 413. The van der Waals surface area contributed by atoms with Gasteiger partial charge in [0.1, 0.15) is 6.42 Å². The minimum Gasteiger partial charge on any atom is -0.481 e. The topological polar surface area (TPSA) is 105 Å². The predicted molar refractivity (Wildman–Crippen MR) is 40.3 cm³/mol. The number of hydrogen-bond acceptors (Lipinski definition) is 5. The molecular formula is C6H4F3N3O4. The minimum absolute atomic E-state index is 0.343. The van der Waals surface area contributed by atoms with Crippen LogP contribution in [-0.4, -0.2) is 33.3 Å². The molecule has 0 bridgehead atoms. The molecule has 0 fully saturated rings. The zero-order valence-corrected chi connectivity index (χ0v) is 7.41. The zero-order chi connectivity index (χ0) is 12.3. The molecule has 0 saturated carbocycles. The molecule has 0 aliphatic rings. The van der Waals surface area contributed by atoms with Crippen molar-refractivity contribution >= 4 is 17.9 Å². The molecule has 0 aliphatic heterocycles. The fourth-order valence-electron chi connectivity index (χ4n) is 0.680. The molecule has 0 unspecified atom stereocenters. The third-order valence-electron chi connectivity index (χ3n) is 1.26. The second-order valence-electron chi connectivity index (χ2n) is 2.54. The molecule has 0 saturated heterocycles. The predicted octanol–water partition coefficient (Wildman–Crippen LogP) is 0.198. The van der Waals surface area contributed by atoms with Crippen LogP contribution in [0.4, 0.5) is 19.2 Å². The molecule has 1 aromatic heterocycles. The number of aliphatic carboxylic acids is 1. The first-order chi connectivity index (χ1) is 7.29. The molecular weight excluding hydrogens is 235 g/mol. The number of nitrogens with zero attached hydrogens (tertiary/aromatic N) is 2. The molecule has 0 radical (unpaired) electrons. The van der Waals surface area contributed by atoms with Crippen molar-refractivity contribution < 1.29 is 32.4 Å². The van der Waals surface area contributed by atoms with E-state index in [-0.39, 0.29) is 5.82 Å². The third-order valence-corrected chi connectivity index (χ3v) is 1.26. The quantitative estimate of drug-likeness (QED) is 0.780. The maximum Gasteiger partial charge on any atom is 0.471 e. The number of carbonyl (C=O) groups is 2. The SMILES string of the molecule is O=C(O)Cc1noc(NC(=O)C(F)(F)F)n1. The van der Waals surface area contributed by atoms with E-state index in [4.69, 9.17) is 5.11 Å². The summed E-state index contributed by atoms with van der Waals surface area (Å²) >= 11 is 0. The monoisotopic (exact) mass is 239 g/mol. The maximum atomic E-state index is 11.8. The zero-order valence-electron chi connectivity index (χ0n) is 7.41. The van der Waals surface area contributed by atoms with E-state index in [2.05, 4.69) is 14.7 Å². The van der Waals surface area contributed by atoms with Crippen LogP contribution in [-0.2, 0) is 16.0 Å². The first kappa shape index (κ1) is 11.9. The van der Waals surface area contributed by atoms with Gasteiger partial charge in [0.15, 0.2) is 5.82 Å². The Morgan fingerprint density at radius 1 is 1.44 bits per heavy atom. The van der Waals surface area contributed by atoms with Gasteiger partial charge in [-0.25, -0.2) is 0 Å². The van der Waals surface area contributed by atoms with Gasteiger partial charge < -0.3 is 9.63 Å². The van der Waals surface area contributed by atoms with E-state index in [1.807, 2.05) is 0 Å². The van der Waals surface area contributed by atoms with Crippen LogP contribution in [0.15, 0.2) is 4.52 Å². The molecule has 0 aromatic carbocycles. The number of carboxylic acid groups (broad SMARTS) is 1. The van der Waals surface area contributed by atoms with Crippen molar-refractivity contribution in [1.82, 2.24) is 10.1 Å². The van der Waals surface area contributed by atoms with Gasteiger partial charge in [-0.2, -0.15) is 18.2 Å². The van der Waals surface area contributed by atoms with Crippen LogP contribution >= 0.6 is 0 Å². The smallest absolute Gasteiger partial charge is 0.471 e. The lowest BCUT2D eigenvalue weighted by Gasteiger charge is -2.02. The summed E-state index contributed by atoms with van der Waals surface area (Å²) in [7, 11) is 0. The summed E-state index contributed by atoms with van der Waals surface area (Å²) in [4.78, 5) is 23.8. The first-order valence-electron chi connectivity index (χ1n) is 3.71. The van der Waals surface area contributed by atoms with Crippen molar-refractivity contribution in [2.75, 3.05) is 5.32 Å². The maximum absolute atomic E-state index is 11.8. The van der Waals surface area contributed by atoms with Crippen molar-refractivity contribution in [3.05, 3.63) is 5.82 Å². The fraction of sp³-hybridized carbons (Fsp3) is 0.333. The molecule has 2 N–H and O–H groups in total. The molecule has 1 amide bonds. The van der Waals surface area contributed by atoms with Crippen molar-refractivity contribution in [3.63, 3.8) is 0 Å². The molecule has 16 heavy (non-hydrogen) atoms. The van der Waals surface area contributed by atoms with Crippen LogP contribution in [0.1, 0.15) is 5.82 Å². The summed E-state index contributed by atoms with van der Waals surface area (Å²) in [5.41, 5.74) is 0. The number of alkyl halides is 3. The second-order valence-corrected chi connectivity index (χ2v) is 2.54. The molecule has 1 aromatic rings. The van der Waals surface area contributed by atoms with E-state index in [9.17, 15) is 22.8 Å². The van der Waals surface area contributed by atoms with Gasteiger partial charge in [0, 0.05) is 0 Å². The van der Waals surface area contributed by atoms with Gasteiger partial charge >= 0.3 is 24.1 Å². The van der Waals surface area contributed by atoms with Crippen LogP contribution in [0.3, 0.4) is 0 Å². The van der Waals surface area contributed by atoms with E-state index < -0.39 is 30.5 Å². The van der Waals surface area contributed by atoms with Crippen LogP contribution in [0.5, 0.6) is 0 Å². The Labute approximate surface area is 85.2 Å². The summed E-state index contributed by atoms with van der Waals surface area (Å²) < 4.78 is 39.4. The third kappa shape index (κ3) is 3.22. The van der Waals surface area contributed by atoms with Crippen molar-refractivity contribution in [2.24, 2.45) is 0 Å². The number of carbonyl (C=O) groups excluding carboxylic acids is 1. The lowest BCUT2D eigenvalue weighted by molar-refractivity contribution is -0.167. The number of amides is 1. The molecule has 1 rings (SSSR count). The highest BCUT2D eigenvalue weighted by atomic mass is 19.4. The Morgan fingerprint density at radius 3 is 2.56 bits per heavy atom.